The molecule has 0 aliphatic carbocycles. The van der Waals surface area contributed by atoms with E-state index in [9.17, 15) is 4.79 Å². The standard InChI is InChI=1S/C22H21NO/c1-16(20-13-7-11-18-10-5-6-12-21(18)20)23-15-19(14-22(23)24)17-8-3-2-4-9-17/h2-13,16,19H,14-15H2,1H3/t16-,19?/m1/s1. The van der Waals surface area contributed by atoms with Crippen molar-refractivity contribution in [1.29, 1.82) is 0 Å². The molecule has 0 N–H and O–H groups in total. The van der Waals surface area contributed by atoms with Crippen molar-refractivity contribution >= 4 is 16.7 Å². The van der Waals surface area contributed by atoms with Gasteiger partial charge in [-0.1, -0.05) is 72.8 Å². The summed E-state index contributed by atoms with van der Waals surface area (Å²) in [6, 6.07) is 25.3. The third-order valence-corrected chi connectivity index (χ3v) is 5.17. The molecule has 1 heterocycles. The first-order chi connectivity index (χ1) is 11.7. The fourth-order valence-corrected chi connectivity index (χ4v) is 3.84. The van der Waals surface area contributed by atoms with Gasteiger partial charge in [0.05, 0.1) is 6.04 Å². The van der Waals surface area contributed by atoms with E-state index in [1.807, 2.05) is 11.0 Å². The van der Waals surface area contributed by atoms with Crippen LogP contribution in [0, 0.1) is 0 Å². The van der Waals surface area contributed by atoms with E-state index < -0.39 is 0 Å². The minimum atomic E-state index is 0.0947. The van der Waals surface area contributed by atoms with Crippen LogP contribution in [0.15, 0.2) is 72.8 Å². The van der Waals surface area contributed by atoms with E-state index in [-0.39, 0.29) is 11.9 Å². The van der Waals surface area contributed by atoms with Crippen LogP contribution in [-0.4, -0.2) is 17.4 Å². The number of amides is 1. The molecule has 1 fully saturated rings. The van der Waals surface area contributed by atoms with E-state index in [0.717, 1.165) is 6.54 Å². The minimum Gasteiger partial charge on any atom is -0.335 e. The number of hydrogen-bond acceptors (Lipinski definition) is 1. The molecule has 1 aliphatic heterocycles. The Bertz CT molecular complexity index is 866. The number of hydrogen-bond donors (Lipinski definition) is 0. The molecule has 0 aromatic heterocycles. The van der Waals surface area contributed by atoms with Gasteiger partial charge in [0.25, 0.3) is 0 Å². The van der Waals surface area contributed by atoms with Crippen LogP contribution >= 0.6 is 0 Å². The Labute approximate surface area is 142 Å². The maximum absolute atomic E-state index is 12.6. The summed E-state index contributed by atoms with van der Waals surface area (Å²) in [4.78, 5) is 14.7. The molecule has 0 spiro atoms. The molecule has 2 heteroatoms. The second kappa shape index (κ2) is 6.12. The molecule has 1 aliphatic rings. The Morgan fingerprint density at radius 2 is 1.62 bits per heavy atom. The predicted molar refractivity (Wildman–Crippen MR) is 97.9 cm³/mol. The van der Waals surface area contributed by atoms with Crippen molar-refractivity contribution < 1.29 is 4.79 Å². The van der Waals surface area contributed by atoms with Crippen molar-refractivity contribution in [2.45, 2.75) is 25.3 Å². The van der Waals surface area contributed by atoms with Gasteiger partial charge in [0.1, 0.15) is 0 Å². The molecule has 24 heavy (non-hydrogen) atoms. The lowest BCUT2D eigenvalue weighted by Gasteiger charge is -2.26. The summed E-state index contributed by atoms with van der Waals surface area (Å²) in [6.45, 7) is 2.94. The van der Waals surface area contributed by atoms with Crippen LogP contribution in [0.25, 0.3) is 10.8 Å². The summed E-state index contributed by atoms with van der Waals surface area (Å²) in [5, 5.41) is 2.47. The largest absolute Gasteiger partial charge is 0.335 e. The molecule has 1 unspecified atom stereocenters. The summed E-state index contributed by atoms with van der Waals surface area (Å²) < 4.78 is 0. The Morgan fingerprint density at radius 3 is 2.46 bits per heavy atom. The Morgan fingerprint density at radius 1 is 0.917 bits per heavy atom. The zero-order valence-corrected chi connectivity index (χ0v) is 13.9. The van der Waals surface area contributed by atoms with Crippen LogP contribution in [0.3, 0.4) is 0 Å². The highest BCUT2D eigenvalue weighted by molar-refractivity contribution is 5.87. The molecule has 0 saturated carbocycles. The molecule has 0 bridgehead atoms. The summed E-state index contributed by atoms with van der Waals surface area (Å²) in [7, 11) is 0. The molecule has 1 amide bonds. The maximum atomic E-state index is 12.6. The van der Waals surface area contributed by atoms with E-state index in [4.69, 9.17) is 0 Å². The number of fused-ring (bicyclic) bond motifs is 1. The normalized spacial score (nSPS) is 19.0. The van der Waals surface area contributed by atoms with E-state index in [0.29, 0.717) is 12.3 Å². The molecule has 2 nitrogen and oxygen atoms in total. The van der Waals surface area contributed by atoms with Gasteiger partial charge in [-0.2, -0.15) is 0 Å². The average molecular weight is 315 g/mol. The molecule has 3 aromatic rings. The first-order valence-corrected chi connectivity index (χ1v) is 8.56. The summed E-state index contributed by atoms with van der Waals surface area (Å²) in [6.07, 6.45) is 0.610. The molecular weight excluding hydrogens is 294 g/mol. The third-order valence-electron chi connectivity index (χ3n) is 5.17. The van der Waals surface area contributed by atoms with Gasteiger partial charge < -0.3 is 4.90 Å². The molecular formula is C22H21NO. The van der Waals surface area contributed by atoms with E-state index in [1.54, 1.807) is 0 Å². The smallest absolute Gasteiger partial charge is 0.223 e. The van der Waals surface area contributed by atoms with Crippen molar-refractivity contribution in [2.24, 2.45) is 0 Å². The molecule has 2 atom stereocenters. The van der Waals surface area contributed by atoms with Crippen molar-refractivity contribution in [2.75, 3.05) is 6.54 Å². The SMILES string of the molecule is C[C@H](c1cccc2ccccc12)N1CC(c2ccccc2)CC1=O. The van der Waals surface area contributed by atoms with Gasteiger partial charge in [0.2, 0.25) is 5.91 Å². The monoisotopic (exact) mass is 315 g/mol. The zero-order chi connectivity index (χ0) is 16.5. The highest BCUT2D eigenvalue weighted by Crippen LogP contribution is 2.35. The van der Waals surface area contributed by atoms with Gasteiger partial charge >= 0.3 is 0 Å². The fraction of sp³-hybridized carbons (Fsp3) is 0.227. The molecule has 3 aromatic carbocycles. The van der Waals surface area contributed by atoms with E-state index in [1.165, 1.54) is 21.9 Å². The minimum absolute atomic E-state index is 0.0947. The number of benzene rings is 3. The number of rotatable bonds is 3. The first kappa shape index (κ1) is 14.9. The number of carbonyl (C=O) groups is 1. The average Bonchev–Trinajstić information content (AvgIpc) is 3.03. The van der Waals surface area contributed by atoms with Crippen LogP contribution in [-0.2, 0) is 4.79 Å². The maximum Gasteiger partial charge on any atom is 0.223 e. The van der Waals surface area contributed by atoms with Gasteiger partial charge in [-0.15, -0.1) is 0 Å². The highest BCUT2D eigenvalue weighted by atomic mass is 16.2. The topological polar surface area (TPSA) is 20.3 Å². The van der Waals surface area contributed by atoms with Gasteiger partial charge in [0, 0.05) is 18.9 Å². The molecule has 120 valence electrons. The number of nitrogens with zero attached hydrogens (tertiary/aromatic N) is 1. The summed E-state index contributed by atoms with van der Waals surface area (Å²) in [5.74, 6) is 0.556. The van der Waals surface area contributed by atoms with Crippen molar-refractivity contribution in [3.8, 4) is 0 Å². The lowest BCUT2D eigenvalue weighted by molar-refractivity contribution is -0.129. The zero-order valence-electron chi connectivity index (χ0n) is 13.9. The first-order valence-electron chi connectivity index (χ1n) is 8.56. The van der Waals surface area contributed by atoms with E-state index in [2.05, 4.69) is 73.7 Å². The summed E-state index contributed by atoms with van der Waals surface area (Å²) >= 11 is 0. The molecule has 0 radical (unpaired) electrons. The highest BCUT2D eigenvalue weighted by Gasteiger charge is 2.34. The quantitative estimate of drug-likeness (QED) is 0.672. The Hall–Kier alpha value is -2.61. The van der Waals surface area contributed by atoms with Gasteiger partial charge in [-0.3, -0.25) is 4.79 Å². The third kappa shape index (κ3) is 2.58. The van der Waals surface area contributed by atoms with Crippen LogP contribution in [0.1, 0.15) is 36.4 Å². The molecule has 4 rings (SSSR count). The van der Waals surface area contributed by atoms with Crippen LogP contribution in [0.2, 0.25) is 0 Å². The van der Waals surface area contributed by atoms with Crippen LogP contribution in [0.4, 0.5) is 0 Å². The Kier molecular flexibility index (Phi) is 3.81. The predicted octanol–water partition coefficient (Wildman–Crippen LogP) is 4.92. The van der Waals surface area contributed by atoms with Gasteiger partial charge in [0.15, 0.2) is 0 Å². The number of likely N-dealkylation sites (tertiary alicyclic amines) is 1. The van der Waals surface area contributed by atoms with Crippen LogP contribution in [0.5, 0.6) is 0 Å². The van der Waals surface area contributed by atoms with Gasteiger partial charge in [-0.05, 0) is 28.8 Å². The lowest BCUT2D eigenvalue weighted by Crippen LogP contribution is -2.28. The van der Waals surface area contributed by atoms with Crippen molar-refractivity contribution in [3.05, 3.63) is 83.9 Å². The van der Waals surface area contributed by atoms with Crippen molar-refractivity contribution in [1.82, 2.24) is 4.90 Å². The lowest BCUT2D eigenvalue weighted by atomic mass is 9.97. The Balaban J connectivity index is 1.65. The second-order valence-corrected chi connectivity index (χ2v) is 6.60. The van der Waals surface area contributed by atoms with Gasteiger partial charge in [-0.25, -0.2) is 0 Å². The fourth-order valence-electron chi connectivity index (χ4n) is 3.84. The van der Waals surface area contributed by atoms with Crippen molar-refractivity contribution in [3.63, 3.8) is 0 Å². The number of carbonyl (C=O) groups excluding carboxylic acids is 1. The molecule has 1 saturated heterocycles. The van der Waals surface area contributed by atoms with E-state index >= 15 is 0 Å². The second-order valence-electron chi connectivity index (χ2n) is 6.60. The summed E-state index contributed by atoms with van der Waals surface area (Å²) in [5.41, 5.74) is 2.49. The van der Waals surface area contributed by atoms with Crippen LogP contribution < -0.4 is 0 Å².